The predicted molar refractivity (Wildman–Crippen MR) is 83.9 cm³/mol. The third kappa shape index (κ3) is 2.87. The summed E-state index contributed by atoms with van der Waals surface area (Å²) in [4.78, 5) is 4.52. The monoisotopic (exact) mass is 292 g/mol. The van der Waals surface area contributed by atoms with Crippen molar-refractivity contribution in [3.05, 3.63) is 29.6 Å². The van der Waals surface area contributed by atoms with Gasteiger partial charge in [-0.3, -0.25) is 4.98 Å². The van der Waals surface area contributed by atoms with E-state index in [1.807, 2.05) is 24.0 Å². The summed E-state index contributed by atoms with van der Waals surface area (Å²) >= 11 is 2.05. The molecule has 2 N–H and O–H groups in total. The van der Waals surface area contributed by atoms with Gasteiger partial charge in [0.1, 0.15) is 0 Å². The third-order valence-corrected chi connectivity index (χ3v) is 5.79. The Morgan fingerprint density at radius 2 is 2.25 bits per heavy atom. The van der Waals surface area contributed by atoms with Crippen LogP contribution in [0.4, 0.5) is 0 Å². The number of nitrogens with zero attached hydrogens (tertiary/aromatic N) is 1. The van der Waals surface area contributed by atoms with E-state index in [2.05, 4.69) is 18.0 Å². The largest absolute Gasteiger partial charge is 0.375 e. The number of rotatable bonds is 2. The topological polar surface area (TPSA) is 48.1 Å². The number of aryl methyl sites for hydroxylation is 1. The average molecular weight is 292 g/mol. The van der Waals surface area contributed by atoms with Crippen LogP contribution < -0.4 is 5.73 Å². The number of pyridine rings is 1. The Labute approximate surface area is 125 Å². The molecule has 3 rings (SSSR count). The maximum absolute atomic E-state index is 6.54. The number of aromatic nitrogens is 1. The molecule has 0 aliphatic carbocycles. The van der Waals surface area contributed by atoms with Gasteiger partial charge >= 0.3 is 0 Å². The van der Waals surface area contributed by atoms with Gasteiger partial charge in [-0.15, -0.1) is 0 Å². The molecule has 1 aromatic rings. The molecule has 2 aliphatic heterocycles. The van der Waals surface area contributed by atoms with Crippen LogP contribution in [0.3, 0.4) is 0 Å². The van der Waals surface area contributed by atoms with Gasteiger partial charge in [-0.1, -0.05) is 6.07 Å². The van der Waals surface area contributed by atoms with Crippen molar-refractivity contribution in [2.75, 3.05) is 18.1 Å². The van der Waals surface area contributed by atoms with Gasteiger partial charge in [0.2, 0.25) is 0 Å². The summed E-state index contributed by atoms with van der Waals surface area (Å²) in [6.07, 6.45) is 6.38. The molecule has 0 saturated carbocycles. The van der Waals surface area contributed by atoms with E-state index in [0.29, 0.717) is 5.92 Å². The second-order valence-electron chi connectivity index (χ2n) is 6.13. The van der Waals surface area contributed by atoms with Crippen LogP contribution in [-0.4, -0.2) is 28.7 Å². The van der Waals surface area contributed by atoms with E-state index < -0.39 is 0 Å². The van der Waals surface area contributed by atoms with Gasteiger partial charge in [0.15, 0.2) is 0 Å². The predicted octanol–water partition coefficient (Wildman–Crippen LogP) is 3.08. The molecule has 0 aromatic carbocycles. The lowest BCUT2D eigenvalue weighted by Crippen LogP contribution is -2.45. The van der Waals surface area contributed by atoms with Gasteiger partial charge < -0.3 is 10.5 Å². The van der Waals surface area contributed by atoms with Crippen molar-refractivity contribution in [2.45, 2.75) is 44.2 Å². The third-order valence-electron chi connectivity index (χ3n) is 4.81. The first kappa shape index (κ1) is 14.4. The Hall–Kier alpha value is -0.580. The van der Waals surface area contributed by atoms with E-state index in [9.17, 15) is 0 Å². The lowest BCUT2D eigenvalue weighted by atomic mass is 9.77. The molecule has 110 valence electrons. The van der Waals surface area contributed by atoms with E-state index in [-0.39, 0.29) is 11.6 Å². The summed E-state index contributed by atoms with van der Waals surface area (Å²) in [6.45, 7) is 2.96. The maximum Gasteiger partial charge on any atom is 0.0701 e. The molecule has 0 radical (unpaired) electrons. The molecule has 2 saturated heterocycles. The smallest absolute Gasteiger partial charge is 0.0701 e. The molecular formula is C16H24N2OS. The quantitative estimate of drug-likeness (QED) is 0.910. The Morgan fingerprint density at radius 1 is 1.45 bits per heavy atom. The van der Waals surface area contributed by atoms with Gasteiger partial charge in [-0.05, 0) is 61.7 Å². The molecule has 2 unspecified atom stereocenters. The van der Waals surface area contributed by atoms with Crippen molar-refractivity contribution in [2.24, 2.45) is 11.7 Å². The standard InChI is InChI=1S/C16H24N2OS/c1-12-3-2-7-18-15(12)14(17)13-4-8-19-16(11-13)5-9-20-10-6-16/h2-3,7,13-14H,4-6,8-11,17H2,1H3. The number of nitrogens with two attached hydrogens (primary N) is 1. The molecule has 0 bridgehead atoms. The van der Waals surface area contributed by atoms with Crippen LogP contribution in [0.25, 0.3) is 0 Å². The Balaban J connectivity index is 1.75. The van der Waals surface area contributed by atoms with Crippen molar-refractivity contribution in [1.82, 2.24) is 4.98 Å². The fourth-order valence-corrected chi connectivity index (χ4v) is 4.77. The van der Waals surface area contributed by atoms with Crippen LogP contribution in [0.2, 0.25) is 0 Å². The van der Waals surface area contributed by atoms with Crippen LogP contribution in [0.15, 0.2) is 18.3 Å². The summed E-state index contributed by atoms with van der Waals surface area (Å²) in [5.41, 5.74) is 8.92. The zero-order valence-corrected chi connectivity index (χ0v) is 13.0. The lowest BCUT2D eigenvalue weighted by Gasteiger charge is -2.44. The minimum atomic E-state index is 0.0477. The number of thioether (sulfide) groups is 1. The fraction of sp³-hybridized carbons (Fsp3) is 0.688. The number of hydrogen-bond acceptors (Lipinski definition) is 4. The molecule has 20 heavy (non-hydrogen) atoms. The molecule has 2 fully saturated rings. The van der Waals surface area contributed by atoms with Crippen LogP contribution in [-0.2, 0) is 4.74 Å². The van der Waals surface area contributed by atoms with E-state index in [4.69, 9.17) is 10.5 Å². The molecule has 1 aromatic heterocycles. The second kappa shape index (κ2) is 6.04. The zero-order valence-electron chi connectivity index (χ0n) is 12.2. The van der Waals surface area contributed by atoms with Gasteiger partial charge in [-0.25, -0.2) is 0 Å². The number of ether oxygens (including phenoxy) is 1. The summed E-state index contributed by atoms with van der Waals surface area (Å²) < 4.78 is 6.16. The molecule has 2 aliphatic rings. The molecule has 3 nitrogen and oxygen atoms in total. The first-order valence-electron chi connectivity index (χ1n) is 7.59. The molecule has 4 heteroatoms. The van der Waals surface area contributed by atoms with Gasteiger partial charge in [0.25, 0.3) is 0 Å². The van der Waals surface area contributed by atoms with Gasteiger partial charge in [0.05, 0.1) is 17.3 Å². The van der Waals surface area contributed by atoms with Gasteiger partial charge in [-0.2, -0.15) is 11.8 Å². The minimum absolute atomic E-state index is 0.0477. The summed E-state index contributed by atoms with van der Waals surface area (Å²) in [6, 6.07) is 4.13. The highest BCUT2D eigenvalue weighted by molar-refractivity contribution is 7.99. The summed E-state index contributed by atoms with van der Waals surface area (Å²) in [5, 5.41) is 0. The van der Waals surface area contributed by atoms with Crippen molar-refractivity contribution in [3.8, 4) is 0 Å². The Morgan fingerprint density at radius 3 is 3.00 bits per heavy atom. The van der Waals surface area contributed by atoms with Crippen LogP contribution >= 0.6 is 11.8 Å². The molecule has 0 amide bonds. The minimum Gasteiger partial charge on any atom is -0.375 e. The van der Waals surface area contributed by atoms with E-state index in [1.54, 1.807) is 0 Å². The van der Waals surface area contributed by atoms with Gasteiger partial charge in [0, 0.05) is 12.8 Å². The average Bonchev–Trinajstić information content (AvgIpc) is 2.48. The van der Waals surface area contributed by atoms with E-state index >= 15 is 0 Å². The zero-order chi connectivity index (χ0) is 14.0. The van der Waals surface area contributed by atoms with Crippen LogP contribution in [0.1, 0.15) is 43.0 Å². The van der Waals surface area contributed by atoms with Crippen LogP contribution in [0.5, 0.6) is 0 Å². The van der Waals surface area contributed by atoms with Crippen molar-refractivity contribution in [1.29, 1.82) is 0 Å². The molecule has 3 heterocycles. The maximum atomic E-state index is 6.54. The highest BCUT2D eigenvalue weighted by Gasteiger charge is 2.40. The summed E-state index contributed by atoms with van der Waals surface area (Å²) in [5.74, 6) is 2.95. The van der Waals surface area contributed by atoms with E-state index in [1.165, 1.54) is 29.9 Å². The first-order chi connectivity index (χ1) is 9.70. The lowest BCUT2D eigenvalue weighted by molar-refractivity contribution is -0.106. The highest BCUT2D eigenvalue weighted by atomic mass is 32.2. The van der Waals surface area contributed by atoms with Crippen molar-refractivity contribution in [3.63, 3.8) is 0 Å². The second-order valence-corrected chi connectivity index (χ2v) is 7.35. The Kier molecular flexibility index (Phi) is 4.34. The molecule has 2 atom stereocenters. The highest BCUT2D eigenvalue weighted by Crippen LogP contribution is 2.42. The fourth-order valence-electron chi connectivity index (χ4n) is 3.53. The molecule has 1 spiro atoms. The first-order valence-corrected chi connectivity index (χ1v) is 8.74. The van der Waals surface area contributed by atoms with Crippen molar-refractivity contribution >= 4 is 11.8 Å². The van der Waals surface area contributed by atoms with Crippen molar-refractivity contribution < 1.29 is 4.74 Å². The summed E-state index contributed by atoms with van der Waals surface area (Å²) in [7, 11) is 0. The molecular weight excluding hydrogens is 268 g/mol. The Bertz CT molecular complexity index is 454. The van der Waals surface area contributed by atoms with Crippen LogP contribution in [0, 0.1) is 12.8 Å². The number of hydrogen-bond donors (Lipinski definition) is 1. The SMILES string of the molecule is Cc1cccnc1C(N)C1CCOC2(CCSCC2)C1. The van der Waals surface area contributed by atoms with E-state index in [0.717, 1.165) is 25.1 Å². The normalized spacial score (nSPS) is 27.4.